The van der Waals surface area contributed by atoms with Gasteiger partial charge in [0.1, 0.15) is 5.75 Å². The van der Waals surface area contributed by atoms with Gasteiger partial charge in [0.15, 0.2) is 0 Å². The van der Waals surface area contributed by atoms with Gasteiger partial charge in [-0.3, -0.25) is 0 Å². The summed E-state index contributed by atoms with van der Waals surface area (Å²) in [5, 5.41) is 5.42. The van der Waals surface area contributed by atoms with Gasteiger partial charge in [-0.1, -0.05) is 13.0 Å². The van der Waals surface area contributed by atoms with Gasteiger partial charge >= 0.3 is 6.61 Å². The summed E-state index contributed by atoms with van der Waals surface area (Å²) in [6.07, 6.45) is 0.954. The van der Waals surface area contributed by atoms with Crippen LogP contribution in [-0.2, 0) is 0 Å². The second kappa shape index (κ2) is 6.52. The van der Waals surface area contributed by atoms with Crippen molar-refractivity contribution in [2.75, 3.05) is 5.32 Å². The number of hydrogen-bond donors (Lipinski definition) is 1. The first-order valence-electron chi connectivity index (χ1n) is 6.04. The molecule has 19 heavy (non-hydrogen) atoms. The number of halogens is 2. The van der Waals surface area contributed by atoms with Crippen molar-refractivity contribution >= 4 is 17.0 Å². The van der Waals surface area contributed by atoms with Crippen LogP contribution in [0.1, 0.15) is 24.3 Å². The molecule has 0 aliphatic carbocycles. The van der Waals surface area contributed by atoms with Crippen LogP contribution in [0.25, 0.3) is 0 Å². The Morgan fingerprint density at radius 1 is 1.21 bits per heavy atom. The highest BCUT2D eigenvalue weighted by Crippen LogP contribution is 2.27. The molecule has 0 radical (unpaired) electrons. The van der Waals surface area contributed by atoms with E-state index in [1.165, 1.54) is 17.0 Å². The number of alkyl halides is 2. The van der Waals surface area contributed by atoms with E-state index in [4.69, 9.17) is 0 Å². The highest BCUT2D eigenvalue weighted by Gasteiger charge is 2.10. The zero-order valence-corrected chi connectivity index (χ0v) is 11.3. The zero-order valence-electron chi connectivity index (χ0n) is 10.5. The highest BCUT2D eigenvalue weighted by atomic mass is 32.1. The lowest BCUT2D eigenvalue weighted by molar-refractivity contribution is -0.0498. The fourth-order valence-corrected chi connectivity index (χ4v) is 2.66. The topological polar surface area (TPSA) is 21.3 Å². The van der Waals surface area contributed by atoms with Crippen molar-refractivity contribution in [2.24, 2.45) is 0 Å². The van der Waals surface area contributed by atoms with Gasteiger partial charge in [0.05, 0.1) is 6.04 Å². The summed E-state index contributed by atoms with van der Waals surface area (Å²) in [5.41, 5.74) is 0.891. The summed E-state index contributed by atoms with van der Waals surface area (Å²) in [4.78, 5) is 1.26. The quantitative estimate of drug-likeness (QED) is 0.813. The molecule has 0 spiro atoms. The molecule has 0 saturated carbocycles. The minimum atomic E-state index is -2.78. The predicted octanol–water partition coefficient (Wildman–Crippen LogP) is 4.91. The van der Waals surface area contributed by atoms with Crippen molar-refractivity contribution in [3.05, 3.63) is 46.7 Å². The van der Waals surface area contributed by atoms with E-state index in [2.05, 4.69) is 23.0 Å². The smallest absolute Gasteiger partial charge is 0.387 e. The lowest BCUT2D eigenvalue weighted by Gasteiger charge is -2.17. The van der Waals surface area contributed by atoms with Crippen LogP contribution in [-0.4, -0.2) is 6.61 Å². The fourth-order valence-electron chi connectivity index (χ4n) is 1.80. The van der Waals surface area contributed by atoms with Gasteiger partial charge in [0, 0.05) is 10.6 Å². The van der Waals surface area contributed by atoms with E-state index >= 15 is 0 Å². The Bertz CT molecular complexity index is 485. The number of benzene rings is 1. The normalized spacial score (nSPS) is 12.4. The molecule has 5 heteroatoms. The molecule has 1 heterocycles. The van der Waals surface area contributed by atoms with Gasteiger partial charge in [-0.25, -0.2) is 0 Å². The van der Waals surface area contributed by atoms with Crippen molar-refractivity contribution < 1.29 is 13.5 Å². The lowest BCUT2D eigenvalue weighted by Crippen LogP contribution is -2.08. The molecule has 0 amide bonds. The SMILES string of the molecule is CCC(Nc1ccc(OC(F)F)cc1)c1cccs1. The summed E-state index contributed by atoms with van der Waals surface area (Å²) in [6, 6.07) is 10.9. The molecule has 0 bridgehead atoms. The van der Waals surface area contributed by atoms with Crippen LogP contribution >= 0.6 is 11.3 Å². The van der Waals surface area contributed by atoms with Gasteiger partial charge in [-0.05, 0) is 42.1 Å². The van der Waals surface area contributed by atoms with Crippen LogP contribution in [0.2, 0.25) is 0 Å². The molecule has 1 aromatic heterocycles. The monoisotopic (exact) mass is 283 g/mol. The summed E-state index contributed by atoms with van der Waals surface area (Å²) in [7, 11) is 0. The molecule has 0 saturated heterocycles. The number of thiophene rings is 1. The molecule has 102 valence electrons. The van der Waals surface area contributed by atoms with Crippen LogP contribution in [0.4, 0.5) is 14.5 Å². The van der Waals surface area contributed by atoms with Gasteiger partial charge in [-0.2, -0.15) is 8.78 Å². The minimum absolute atomic E-state index is 0.171. The maximum Gasteiger partial charge on any atom is 0.387 e. The second-order valence-electron chi connectivity index (χ2n) is 4.02. The molecule has 1 aromatic carbocycles. The largest absolute Gasteiger partial charge is 0.435 e. The lowest BCUT2D eigenvalue weighted by atomic mass is 10.1. The standard InChI is InChI=1S/C14H15F2NOS/c1-2-12(13-4-3-9-19-13)17-10-5-7-11(8-6-10)18-14(15)16/h3-9,12,14,17H,2H2,1H3. The average molecular weight is 283 g/mol. The number of hydrogen-bond acceptors (Lipinski definition) is 3. The van der Waals surface area contributed by atoms with Crippen LogP contribution in [0, 0.1) is 0 Å². The van der Waals surface area contributed by atoms with E-state index in [0.29, 0.717) is 0 Å². The van der Waals surface area contributed by atoms with E-state index < -0.39 is 6.61 Å². The van der Waals surface area contributed by atoms with Crippen LogP contribution in [0.15, 0.2) is 41.8 Å². The minimum Gasteiger partial charge on any atom is -0.435 e. The first-order valence-corrected chi connectivity index (χ1v) is 6.92. The summed E-state index contributed by atoms with van der Waals surface area (Å²) in [5.74, 6) is 0.171. The number of nitrogens with one attached hydrogen (secondary N) is 1. The van der Waals surface area contributed by atoms with Gasteiger partial charge < -0.3 is 10.1 Å². The molecule has 2 rings (SSSR count). The molecule has 1 N–H and O–H groups in total. The molecule has 0 aliphatic heterocycles. The Balaban J connectivity index is 2.02. The molecule has 2 aromatic rings. The maximum absolute atomic E-state index is 12.0. The molecular formula is C14H15F2NOS. The van der Waals surface area contributed by atoms with E-state index in [1.54, 1.807) is 23.5 Å². The van der Waals surface area contributed by atoms with E-state index in [-0.39, 0.29) is 11.8 Å². The van der Waals surface area contributed by atoms with Crippen molar-refractivity contribution in [3.8, 4) is 5.75 Å². The molecule has 0 fully saturated rings. The molecule has 2 nitrogen and oxygen atoms in total. The van der Waals surface area contributed by atoms with Crippen molar-refractivity contribution in [1.82, 2.24) is 0 Å². The van der Waals surface area contributed by atoms with Crippen molar-refractivity contribution in [1.29, 1.82) is 0 Å². The van der Waals surface area contributed by atoms with Crippen LogP contribution in [0.3, 0.4) is 0 Å². The summed E-state index contributed by atoms with van der Waals surface area (Å²) >= 11 is 1.70. The summed E-state index contributed by atoms with van der Waals surface area (Å²) in [6.45, 7) is -0.681. The van der Waals surface area contributed by atoms with Crippen molar-refractivity contribution in [2.45, 2.75) is 26.0 Å². The predicted molar refractivity (Wildman–Crippen MR) is 74.0 cm³/mol. The third-order valence-corrected chi connectivity index (χ3v) is 3.70. The Labute approximate surface area is 115 Å². The maximum atomic E-state index is 12.0. The second-order valence-corrected chi connectivity index (χ2v) is 5.00. The van der Waals surface area contributed by atoms with E-state index in [0.717, 1.165) is 12.1 Å². The fraction of sp³-hybridized carbons (Fsp3) is 0.286. The Morgan fingerprint density at radius 2 is 1.95 bits per heavy atom. The Morgan fingerprint density at radius 3 is 2.47 bits per heavy atom. The third kappa shape index (κ3) is 3.92. The van der Waals surface area contributed by atoms with E-state index in [1.807, 2.05) is 11.4 Å². The average Bonchev–Trinajstić information content (AvgIpc) is 2.91. The van der Waals surface area contributed by atoms with E-state index in [9.17, 15) is 8.78 Å². The molecule has 1 atom stereocenters. The summed E-state index contributed by atoms with van der Waals surface area (Å²) < 4.78 is 28.4. The Hall–Kier alpha value is -1.62. The zero-order chi connectivity index (χ0) is 13.7. The van der Waals surface area contributed by atoms with Crippen LogP contribution < -0.4 is 10.1 Å². The first-order chi connectivity index (χ1) is 9.19. The van der Waals surface area contributed by atoms with Crippen molar-refractivity contribution in [3.63, 3.8) is 0 Å². The molecule has 1 unspecified atom stereocenters. The first kappa shape index (κ1) is 13.8. The molecule has 0 aliphatic rings. The van der Waals surface area contributed by atoms with Gasteiger partial charge in [0.2, 0.25) is 0 Å². The molecular weight excluding hydrogens is 268 g/mol. The van der Waals surface area contributed by atoms with Gasteiger partial charge in [0.25, 0.3) is 0 Å². The van der Waals surface area contributed by atoms with Crippen LogP contribution in [0.5, 0.6) is 5.75 Å². The van der Waals surface area contributed by atoms with Gasteiger partial charge in [-0.15, -0.1) is 11.3 Å². The highest BCUT2D eigenvalue weighted by molar-refractivity contribution is 7.10. The Kier molecular flexibility index (Phi) is 4.74. The number of rotatable bonds is 6. The third-order valence-electron chi connectivity index (χ3n) is 2.72. The number of ether oxygens (including phenoxy) is 1. The number of anilines is 1.